The molecule has 0 saturated heterocycles. The number of rotatable bonds is 4. The SMILES string of the molecule is CCNCc1nc(-c2cnn(C)c2)no1. The minimum Gasteiger partial charge on any atom is -0.338 e. The summed E-state index contributed by atoms with van der Waals surface area (Å²) in [5.74, 6) is 1.17. The summed E-state index contributed by atoms with van der Waals surface area (Å²) in [6.07, 6.45) is 3.56. The van der Waals surface area contributed by atoms with Gasteiger partial charge in [-0.1, -0.05) is 12.1 Å². The Morgan fingerprint density at radius 3 is 3.07 bits per heavy atom. The fraction of sp³-hybridized carbons (Fsp3) is 0.444. The molecular weight excluding hydrogens is 194 g/mol. The maximum atomic E-state index is 5.07. The Morgan fingerprint density at radius 1 is 1.53 bits per heavy atom. The van der Waals surface area contributed by atoms with E-state index in [-0.39, 0.29) is 0 Å². The van der Waals surface area contributed by atoms with Crippen LogP contribution in [0.15, 0.2) is 16.9 Å². The second kappa shape index (κ2) is 4.22. The summed E-state index contributed by atoms with van der Waals surface area (Å²) in [5.41, 5.74) is 0.865. The number of hydrogen-bond acceptors (Lipinski definition) is 5. The Morgan fingerprint density at radius 2 is 2.40 bits per heavy atom. The summed E-state index contributed by atoms with van der Waals surface area (Å²) in [5, 5.41) is 11.0. The van der Waals surface area contributed by atoms with Crippen LogP contribution in [-0.4, -0.2) is 26.5 Å². The minimum absolute atomic E-state index is 0.580. The van der Waals surface area contributed by atoms with E-state index in [1.807, 2.05) is 20.2 Å². The first kappa shape index (κ1) is 9.85. The third-order valence-electron chi connectivity index (χ3n) is 1.96. The van der Waals surface area contributed by atoms with Crippen LogP contribution in [0.4, 0.5) is 0 Å². The Hall–Kier alpha value is -1.69. The van der Waals surface area contributed by atoms with Gasteiger partial charge in [0.25, 0.3) is 0 Å². The van der Waals surface area contributed by atoms with Gasteiger partial charge in [0, 0.05) is 13.2 Å². The van der Waals surface area contributed by atoms with Crippen molar-refractivity contribution in [3.8, 4) is 11.4 Å². The van der Waals surface area contributed by atoms with Gasteiger partial charge in [0.15, 0.2) is 0 Å². The van der Waals surface area contributed by atoms with Crippen LogP contribution in [0.3, 0.4) is 0 Å². The molecule has 0 spiro atoms. The highest BCUT2D eigenvalue weighted by atomic mass is 16.5. The monoisotopic (exact) mass is 207 g/mol. The number of aryl methyl sites for hydroxylation is 1. The molecule has 1 N–H and O–H groups in total. The van der Waals surface area contributed by atoms with Crippen molar-refractivity contribution in [1.82, 2.24) is 25.2 Å². The van der Waals surface area contributed by atoms with Crippen LogP contribution in [0.1, 0.15) is 12.8 Å². The summed E-state index contributed by atoms with van der Waals surface area (Å²) >= 11 is 0. The lowest BCUT2D eigenvalue weighted by molar-refractivity contribution is 0.369. The molecule has 0 atom stereocenters. The van der Waals surface area contributed by atoms with E-state index >= 15 is 0 Å². The fourth-order valence-electron chi connectivity index (χ4n) is 1.21. The van der Waals surface area contributed by atoms with E-state index in [0.29, 0.717) is 18.3 Å². The minimum atomic E-state index is 0.580. The first-order valence-electron chi connectivity index (χ1n) is 4.82. The molecule has 15 heavy (non-hydrogen) atoms. The van der Waals surface area contributed by atoms with E-state index in [2.05, 4.69) is 20.6 Å². The summed E-state index contributed by atoms with van der Waals surface area (Å²) in [6, 6.07) is 0. The van der Waals surface area contributed by atoms with Gasteiger partial charge in [-0.05, 0) is 6.54 Å². The lowest BCUT2D eigenvalue weighted by Crippen LogP contribution is -2.11. The molecule has 0 aliphatic heterocycles. The highest BCUT2D eigenvalue weighted by molar-refractivity contribution is 5.50. The lowest BCUT2D eigenvalue weighted by atomic mass is 10.3. The molecule has 2 aromatic rings. The molecule has 0 aliphatic rings. The molecule has 0 saturated carbocycles. The van der Waals surface area contributed by atoms with E-state index in [9.17, 15) is 0 Å². The predicted molar refractivity (Wildman–Crippen MR) is 53.9 cm³/mol. The molecular formula is C9H13N5O. The van der Waals surface area contributed by atoms with Crippen LogP contribution in [0.5, 0.6) is 0 Å². The zero-order valence-corrected chi connectivity index (χ0v) is 8.77. The van der Waals surface area contributed by atoms with Gasteiger partial charge in [-0.2, -0.15) is 10.1 Å². The van der Waals surface area contributed by atoms with E-state index in [1.54, 1.807) is 10.9 Å². The normalized spacial score (nSPS) is 10.8. The zero-order chi connectivity index (χ0) is 10.7. The van der Waals surface area contributed by atoms with Crippen LogP contribution in [0.2, 0.25) is 0 Å². The molecule has 0 fully saturated rings. The van der Waals surface area contributed by atoms with Crippen molar-refractivity contribution in [3.05, 3.63) is 18.3 Å². The van der Waals surface area contributed by atoms with Gasteiger partial charge in [-0.3, -0.25) is 4.68 Å². The average Bonchev–Trinajstić information content (AvgIpc) is 2.83. The van der Waals surface area contributed by atoms with Crippen molar-refractivity contribution in [3.63, 3.8) is 0 Å². The van der Waals surface area contributed by atoms with Crippen LogP contribution in [0.25, 0.3) is 11.4 Å². The molecule has 2 aromatic heterocycles. The third-order valence-corrected chi connectivity index (χ3v) is 1.96. The van der Waals surface area contributed by atoms with Gasteiger partial charge in [0.2, 0.25) is 11.7 Å². The Balaban J connectivity index is 2.13. The topological polar surface area (TPSA) is 68.8 Å². The molecule has 0 amide bonds. The highest BCUT2D eigenvalue weighted by Crippen LogP contribution is 2.13. The van der Waals surface area contributed by atoms with Crippen LogP contribution >= 0.6 is 0 Å². The van der Waals surface area contributed by atoms with Crippen LogP contribution in [-0.2, 0) is 13.6 Å². The van der Waals surface area contributed by atoms with Gasteiger partial charge < -0.3 is 9.84 Å². The number of nitrogens with one attached hydrogen (secondary N) is 1. The Labute approximate surface area is 87.3 Å². The van der Waals surface area contributed by atoms with E-state index in [4.69, 9.17) is 4.52 Å². The molecule has 80 valence electrons. The predicted octanol–water partition coefficient (Wildman–Crippen LogP) is 0.580. The first-order chi connectivity index (χ1) is 7.29. The number of hydrogen-bond donors (Lipinski definition) is 1. The standard InChI is InChI=1S/C9H13N5O/c1-3-10-5-8-12-9(13-15-8)7-4-11-14(2)6-7/h4,6,10H,3,5H2,1-2H3. The smallest absolute Gasteiger partial charge is 0.240 e. The molecule has 2 rings (SSSR count). The van der Waals surface area contributed by atoms with Crippen molar-refractivity contribution < 1.29 is 4.52 Å². The maximum Gasteiger partial charge on any atom is 0.240 e. The summed E-state index contributed by atoms with van der Waals surface area (Å²) in [7, 11) is 1.85. The zero-order valence-electron chi connectivity index (χ0n) is 8.77. The van der Waals surface area contributed by atoms with E-state index in [1.165, 1.54) is 0 Å². The molecule has 0 aliphatic carbocycles. The first-order valence-corrected chi connectivity index (χ1v) is 4.82. The summed E-state index contributed by atoms with van der Waals surface area (Å²) in [6.45, 7) is 3.51. The Kier molecular flexibility index (Phi) is 2.77. The lowest BCUT2D eigenvalue weighted by Gasteiger charge is -1.92. The van der Waals surface area contributed by atoms with Gasteiger partial charge in [0.1, 0.15) is 0 Å². The Bertz CT molecular complexity index is 433. The quantitative estimate of drug-likeness (QED) is 0.794. The summed E-state index contributed by atoms with van der Waals surface area (Å²) in [4.78, 5) is 4.24. The van der Waals surface area contributed by atoms with E-state index < -0.39 is 0 Å². The molecule has 0 radical (unpaired) electrons. The number of nitrogens with zero attached hydrogens (tertiary/aromatic N) is 4. The van der Waals surface area contributed by atoms with Gasteiger partial charge >= 0.3 is 0 Å². The van der Waals surface area contributed by atoms with Crippen molar-refractivity contribution in [1.29, 1.82) is 0 Å². The average molecular weight is 207 g/mol. The molecule has 2 heterocycles. The highest BCUT2D eigenvalue weighted by Gasteiger charge is 2.09. The van der Waals surface area contributed by atoms with Crippen molar-refractivity contribution in [2.45, 2.75) is 13.5 Å². The molecule has 0 unspecified atom stereocenters. The van der Waals surface area contributed by atoms with E-state index in [0.717, 1.165) is 12.1 Å². The largest absolute Gasteiger partial charge is 0.338 e. The summed E-state index contributed by atoms with van der Waals surface area (Å²) < 4.78 is 6.77. The third kappa shape index (κ3) is 2.21. The van der Waals surface area contributed by atoms with Crippen molar-refractivity contribution in [2.75, 3.05) is 6.54 Å². The second-order valence-corrected chi connectivity index (χ2v) is 3.19. The second-order valence-electron chi connectivity index (χ2n) is 3.19. The molecule has 0 bridgehead atoms. The van der Waals surface area contributed by atoms with Gasteiger partial charge in [0.05, 0.1) is 18.3 Å². The van der Waals surface area contributed by atoms with Crippen LogP contribution < -0.4 is 5.32 Å². The molecule has 0 aromatic carbocycles. The van der Waals surface area contributed by atoms with Gasteiger partial charge in [-0.25, -0.2) is 0 Å². The van der Waals surface area contributed by atoms with Crippen molar-refractivity contribution >= 4 is 0 Å². The van der Waals surface area contributed by atoms with Crippen LogP contribution in [0, 0.1) is 0 Å². The van der Waals surface area contributed by atoms with Crippen molar-refractivity contribution in [2.24, 2.45) is 7.05 Å². The molecule has 6 nitrogen and oxygen atoms in total. The fourth-order valence-corrected chi connectivity index (χ4v) is 1.21. The van der Waals surface area contributed by atoms with Gasteiger partial charge in [-0.15, -0.1) is 0 Å². The molecule has 6 heteroatoms. The maximum absolute atomic E-state index is 5.07. The number of aromatic nitrogens is 4.